The number of carboxylic acid groups (broad SMARTS) is 1. The Labute approximate surface area is 107 Å². The van der Waals surface area contributed by atoms with Crippen LogP contribution in [0.4, 0.5) is 4.79 Å². The molecule has 1 heterocycles. The Bertz CT molecular complexity index is 308. The fraction of sp³-hybridized carbons (Fsp3) is 0.833. The second-order valence-corrected chi connectivity index (χ2v) is 4.91. The van der Waals surface area contributed by atoms with Gasteiger partial charge in [0.25, 0.3) is 0 Å². The van der Waals surface area contributed by atoms with Crippen molar-refractivity contribution in [3.05, 3.63) is 0 Å². The molecule has 3 atom stereocenters. The minimum atomic E-state index is -1.00. The van der Waals surface area contributed by atoms with Gasteiger partial charge in [-0.15, -0.1) is 0 Å². The van der Waals surface area contributed by atoms with Gasteiger partial charge in [0.2, 0.25) is 0 Å². The van der Waals surface area contributed by atoms with Crippen molar-refractivity contribution in [2.24, 2.45) is 5.92 Å². The maximum atomic E-state index is 11.9. The van der Waals surface area contributed by atoms with E-state index >= 15 is 0 Å². The molecule has 1 aliphatic rings. The first kappa shape index (κ1) is 14.8. The summed E-state index contributed by atoms with van der Waals surface area (Å²) in [6, 6.07) is -1.18. The molecule has 1 saturated heterocycles. The Morgan fingerprint density at radius 3 is 2.67 bits per heavy atom. The Morgan fingerprint density at radius 1 is 1.50 bits per heavy atom. The van der Waals surface area contributed by atoms with Crippen LogP contribution in [0.15, 0.2) is 0 Å². The summed E-state index contributed by atoms with van der Waals surface area (Å²) in [6.07, 6.45) is 1.29. The number of aliphatic hydroxyl groups is 1. The molecule has 0 aromatic carbocycles. The lowest BCUT2D eigenvalue weighted by Gasteiger charge is -2.34. The quantitative estimate of drug-likeness (QED) is 0.690. The zero-order chi connectivity index (χ0) is 13.7. The van der Waals surface area contributed by atoms with Gasteiger partial charge >= 0.3 is 12.0 Å². The first-order chi connectivity index (χ1) is 8.45. The van der Waals surface area contributed by atoms with E-state index in [1.54, 1.807) is 4.90 Å². The van der Waals surface area contributed by atoms with Gasteiger partial charge in [-0.05, 0) is 18.8 Å². The second kappa shape index (κ2) is 6.58. The normalized spacial score (nSPS) is 25.6. The van der Waals surface area contributed by atoms with Crippen molar-refractivity contribution in [1.82, 2.24) is 10.2 Å². The molecular formula is C12H22N2O4. The van der Waals surface area contributed by atoms with E-state index in [-0.39, 0.29) is 18.1 Å². The molecule has 2 unspecified atom stereocenters. The maximum Gasteiger partial charge on any atom is 0.326 e. The van der Waals surface area contributed by atoms with Crippen LogP contribution in [-0.2, 0) is 4.79 Å². The first-order valence-corrected chi connectivity index (χ1v) is 6.42. The van der Waals surface area contributed by atoms with Crippen LogP contribution in [0.1, 0.15) is 33.1 Å². The lowest BCUT2D eigenvalue weighted by Crippen LogP contribution is -2.52. The SMILES string of the molecule is CCC[C@@H](NC(=O)N1CCC(O)C(C)C1)C(=O)O. The van der Waals surface area contributed by atoms with Crippen molar-refractivity contribution in [2.45, 2.75) is 45.3 Å². The highest BCUT2D eigenvalue weighted by molar-refractivity contribution is 5.82. The number of aliphatic carboxylic acids is 1. The van der Waals surface area contributed by atoms with Gasteiger partial charge in [-0.25, -0.2) is 9.59 Å². The van der Waals surface area contributed by atoms with E-state index in [2.05, 4.69) is 5.32 Å². The van der Waals surface area contributed by atoms with Crippen molar-refractivity contribution in [3.8, 4) is 0 Å². The number of rotatable bonds is 4. The molecule has 6 heteroatoms. The summed E-state index contributed by atoms with van der Waals surface area (Å²) in [7, 11) is 0. The van der Waals surface area contributed by atoms with Crippen LogP contribution >= 0.6 is 0 Å². The number of hydrogen-bond donors (Lipinski definition) is 3. The molecule has 0 radical (unpaired) electrons. The number of amides is 2. The molecule has 104 valence electrons. The molecule has 0 bridgehead atoms. The molecule has 1 fully saturated rings. The van der Waals surface area contributed by atoms with Gasteiger partial charge in [0.05, 0.1) is 6.10 Å². The zero-order valence-electron chi connectivity index (χ0n) is 10.9. The van der Waals surface area contributed by atoms with Crippen LogP contribution in [-0.4, -0.2) is 52.3 Å². The number of carbonyl (C=O) groups excluding carboxylic acids is 1. The molecule has 18 heavy (non-hydrogen) atoms. The molecule has 0 aromatic rings. The molecule has 0 saturated carbocycles. The molecule has 2 amide bonds. The van der Waals surface area contributed by atoms with Crippen LogP contribution in [0.2, 0.25) is 0 Å². The Morgan fingerprint density at radius 2 is 2.17 bits per heavy atom. The summed E-state index contributed by atoms with van der Waals surface area (Å²) in [4.78, 5) is 24.4. The third kappa shape index (κ3) is 3.87. The highest BCUT2D eigenvalue weighted by atomic mass is 16.4. The molecule has 6 nitrogen and oxygen atoms in total. The maximum absolute atomic E-state index is 11.9. The Kier molecular flexibility index (Phi) is 5.40. The number of likely N-dealkylation sites (tertiary alicyclic amines) is 1. The molecular weight excluding hydrogens is 236 g/mol. The highest BCUT2D eigenvalue weighted by Crippen LogP contribution is 2.16. The van der Waals surface area contributed by atoms with Crippen molar-refractivity contribution in [2.75, 3.05) is 13.1 Å². The van der Waals surface area contributed by atoms with Crippen molar-refractivity contribution < 1.29 is 19.8 Å². The smallest absolute Gasteiger partial charge is 0.326 e. The number of nitrogens with one attached hydrogen (secondary N) is 1. The molecule has 3 N–H and O–H groups in total. The van der Waals surface area contributed by atoms with E-state index < -0.39 is 12.0 Å². The summed E-state index contributed by atoms with van der Waals surface area (Å²) in [5.74, 6) is -0.978. The largest absolute Gasteiger partial charge is 0.480 e. The standard InChI is InChI=1S/C12H22N2O4/c1-3-4-9(11(16)17)13-12(18)14-6-5-10(15)8(2)7-14/h8-10,15H,3-7H2,1-2H3,(H,13,18)(H,16,17)/t8?,9-,10?/m1/s1. The number of piperidine rings is 1. The van der Waals surface area contributed by atoms with Crippen molar-refractivity contribution in [3.63, 3.8) is 0 Å². The third-order valence-corrected chi connectivity index (χ3v) is 3.32. The average molecular weight is 258 g/mol. The first-order valence-electron chi connectivity index (χ1n) is 6.42. The molecule has 0 aliphatic carbocycles. The van der Waals surface area contributed by atoms with Crippen LogP contribution < -0.4 is 5.32 Å². The van der Waals surface area contributed by atoms with Crippen LogP contribution in [0.3, 0.4) is 0 Å². The van der Waals surface area contributed by atoms with E-state index in [1.165, 1.54) is 0 Å². The van der Waals surface area contributed by atoms with Gasteiger partial charge in [-0.2, -0.15) is 0 Å². The highest BCUT2D eigenvalue weighted by Gasteiger charge is 2.29. The van der Waals surface area contributed by atoms with E-state index in [0.717, 1.165) is 0 Å². The summed E-state index contributed by atoms with van der Waals surface area (Å²) < 4.78 is 0. The average Bonchev–Trinajstić information content (AvgIpc) is 2.31. The van der Waals surface area contributed by atoms with Gasteiger partial charge in [0.1, 0.15) is 6.04 Å². The minimum Gasteiger partial charge on any atom is -0.480 e. The lowest BCUT2D eigenvalue weighted by molar-refractivity contribution is -0.139. The molecule has 0 spiro atoms. The van der Waals surface area contributed by atoms with Gasteiger partial charge in [0.15, 0.2) is 0 Å². The number of hydrogen-bond acceptors (Lipinski definition) is 3. The van der Waals surface area contributed by atoms with E-state index in [0.29, 0.717) is 32.4 Å². The molecule has 1 aliphatic heterocycles. The number of urea groups is 1. The Hall–Kier alpha value is -1.30. The molecule has 0 aromatic heterocycles. The second-order valence-electron chi connectivity index (χ2n) is 4.91. The number of nitrogens with zero attached hydrogens (tertiary/aromatic N) is 1. The Balaban J connectivity index is 2.51. The van der Waals surface area contributed by atoms with Crippen LogP contribution in [0.5, 0.6) is 0 Å². The van der Waals surface area contributed by atoms with Crippen LogP contribution in [0, 0.1) is 5.92 Å². The van der Waals surface area contributed by atoms with Gasteiger partial charge < -0.3 is 20.4 Å². The summed E-state index contributed by atoms with van der Waals surface area (Å²) in [5.41, 5.74) is 0. The fourth-order valence-electron chi connectivity index (χ4n) is 2.10. The molecule has 1 rings (SSSR count). The minimum absolute atomic E-state index is 0.0268. The topological polar surface area (TPSA) is 89.9 Å². The van der Waals surface area contributed by atoms with E-state index in [1.807, 2.05) is 13.8 Å². The predicted molar refractivity (Wildman–Crippen MR) is 66.2 cm³/mol. The van der Waals surface area contributed by atoms with Gasteiger partial charge in [-0.3, -0.25) is 0 Å². The lowest BCUT2D eigenvalue weighted by atomic mass is 9.97. The summed E-state index contributed by atoms with van der Waals surface area (Å²) in [5, 5.41) is 21.1. The van der Waals surface area contributed by atoms with E-state index in [4.69, 9.17) is 5.11 Å². The fourth-order valence-corrected chi connectivity index (χ4v) is 2.10. The summed E-state index contributed by atoms with van der Waals surface area (Å²) >= 11 is 0. The van der Waals surface area contributed by atoms with Crippen molar-refractivity contribution >= 4 is 12.0 Å². The van der Waals surface area contributed by atoms with Crippen LogP contribution in [0.25, 0.3) is 0 Å². The number of aliphatic hydroxyl groups excluding tert-OH is 1. The monoisotopic (exact) mass is 258 g/mol. The number of carbonyl (C=O) groups is 2. The summed E-state index contributed by atoms with van der Waals surface area (Å²) in [6.45, 7) is 4.69. The third-order valence-electron chi connectivity index (χ3n) is 3.32. The zero-order valence-corrected chi connectivity index (χ0v) is 10.9. The van der Waals surface area contributed by atoms with Gasteiger partial charge in [-0.1, -0.05) is 20.3 Å². The van der Waals surface area contributed by atoms with Crippen molar-refractivity contribution in [1.29, 1.82) is 0 Å². The van der Waals surface area contributed by atoms with E-state index in [9.17, 15) is 14.7 Å². The van der Waals surface area contributed by atoms with Gasteiger partial charge in [0, 0.05) is 13.1 Å². The number of carboxylic acids is 1. The predicted octanol–water partition coefficient (Wildman–Crippen LogP) is 0.652.